The monoisotopic (exact) mass is 415 g/mol. The summed E-state index contributed by atoms with van der Waals surface area (Å²) in [6.45, 7) is 9.17. The molecule has 2 rings (SSSR count). The number of nitrogens with one attached hydrogen (secondary N) is 2. The van der Waals surface area contributed by atoms with Crippen LogP contribution in [0.5, 0.6) is 0 Å². The molecule has 1 aliphatic rings. The lowest BCUT2D eigenvalue weighted by Crippen LogP contribution is -2.49. The summed E-state index contributed by atoms with van der Waals surface area (Å²) in [5, 5.41) is 3.18. The van der Waals surface area contributed by atoms with Crippen molar-refractivity contribution in [2.24, 2.45) is 11.8 Å². The van der Waals surface area contributed by atoms with E-state index in [1.807, 2.05) is 0 Å². The number of rotatable bonds is 7. The fourth-order valence-electron chi connectivity index (χ4n) is 3.40. The standard InChI is InChI=1S/C19H30ClN3O3S/c1-13(2)18(23-9-7-14(3)8-10-23)12-22-19(24)16-11-15(5-6-17(16)20)27(25,26)21-4/h5-6,11,13-14,18,21H,7-10,12H2,1-4H3,(H,22,24). The number of nitrogens with zero attached hydrogens (tertiary/aromatic N) is 1. The van der Waals surface area contributed by atoms with Gasteiger partial charge >= 0.3 is 0 Å². The Morgan fingerprint density at radius 2 is 1.93 bits per heavy atom. The van der Waals surface area contributed by atoms with Crippen LogP contribution in [0, 0.1) is 11.8 Å². The zero-order valence-corrected chi connectivity index (χ0v) is 18.0. The van der Waals surface area contributed by atoms with Crippen LogP contribution in [0.25, 0.3) is 0 Å². The highest BCUT2D eigenvalue weighted by atomic mass is 35.5. The summed E-state index contributed by atoms with van der Waals surface area (Å²) in [6.07, 6.45) is 2.35. The molecule has 152 valence electrons. The van der Waals surface area contributed by atoms with E-state index in [9.17, 15) is 13.2 Å². The maximum Gasteiger partial charge on any atom is 0.252 e. The topological polar surface area (TPSA) is 78.5 Å². The molecule has 1 saturated heterocycles. The zero-order chi connectivity index (χ0) is 20.2. The molecule has 0 spiro atoms. The third-order valence-corrected chi connectivity index (χ3v) is 7.03. The normalized spacial score (nSPS) is 17.9. The molecule has 0 bridgehead atoms. The molecule has 1 amide bonds. The summed E-state index contributed by atoms with van der Waals surface area (Å²) in [6, 6.07) is 4.38. The molecule has 6 nitrogen and oxygen atoms in total. The van der Waals surface area contributed by atoms with Gasteiger partial charge in [-0.2, -0.15) is 0 Å². The van der Waals surface area contributed by atoms with Gasteiger partial charge in [0.15, 0.2) is 0 Å². The van der Waals surface area contributed by atoms with Gasteiger partial charge in [0.05, 0.1) is 15.5 Å². The van der Waals surface area contributed by atoms with Crippen LogP contribution < -0.4 is 10.0 Å². The van der Waals surface area contributed by atoms with Gasteiger partial charge in [0, 0.05) is 12.6 Å². The van der Waals surface area contributed by atoms with E-state index in [0.29, 0.717) is 12.5 Å². The lowest BCUT2D eigenvalue weighted by atomic mass is 9.94. The quantitative estimate of drug-likeness (QED) is 0.717. The fraction of sp³-hybridized carbons (Fsp3) is 0.632. The van der Waals surface area contributed by atoms with Gasteiger partial charge in [-0.1, -0.05) is 32.4 Å². The minimum Gasteiger partial charge on any atom is -0.350 e. The van der Waals surface area contributed by atoms with Crippen molar-refractivity contribution >= 4 is 27.5 Å². The highest BCUT2D eigenvalue weighted by Crippen LogP contribution is 2.22. The molecule has 8 heteroatoms. The second-order valence-corrected chi connectivity index (χ2v) is 9.88. The smallest absolute Gasteiger partial charge is 0.252 e. The number of likely N-dealkylation sites (tertiary alicyclic amines) is 1. The van der Waals surface area contributed by atoms with Gasteiger partial charge in [-0.3, -0.25) is 9.69 Å². The van der Waals surface area contributed by atoms with Gasteiger partial charge in [0.1, 0.15) is 0 Å². The molecule has 1 heterocycles. The fourth-order valence-corrected chi connectivity index (χ4v) is 4.36. The van der Waals surface area contributed by atoms with Gasteiger partial charge < -0.3 is 5.32 Å². The van der Waals surface area contributed by atoms with Crippen LogP contribution in [0.1, 0.15) is 44.0 Å². The predicted octanol–water partition coefficient (Wildman–Crippen LogP) is 2.73. The van der Waals surface area contributed by atoms with E-state index in [-0.39, 0.29) is 27.4 Å². The van der Waals surface area contributed by atoms with Crippen LogP contribution in [0.4, 0.5) is 0 Å². The first-order chi connectivity index (χ1) is 12.7. The molecular formula is C19H30ClN3O3S. The summed E-state index contributed by atoms with van der Waals surface area (Å²) in [5.41, 5.74) is 0.169. The largest absolute Gasteiger partial charge is 0.350 e. The van der Waals surface area contributed by atoms with Crippen molar-refractivity contribution in [3.63, 3.8) is 0 Å². The van der Waals surface area contributed by atoms with Crippen molar-refractivity contribution in [3.8, 4) is 0 Å². The molecule has 1 aliphatic heterocycles. The molecule has 0 saturated carbocycles. The first-order valence-electron chi connectivity index (χ1n) is 9.41. The van der Waals surface area contributed by atoms with Crippen LogP contribution in [0.15, 0.2) is 23.1 Å². The Bertz CT molecular complexity index is 759. The summed E-state index contributed by atoms with van der Waals surface area (Å²) in [7, 11) is -2.31. The van der Waals surface area contributed by atoms with Crippen molar-refractivity contribution in [3.05, 3.63) is 28.8 Å². The van der Waals surface area contributed by atoms with E-state index in [2.05, 4.69) is 35.7 Å². The molecule has 1 aromatic carbocycles. The van der Waals surface area contributed by atoms with Crippen LogP contribution in [0.3, 0.4) is 0 Å². The molecule has 1 fully saturated rings. The first kappa shape index (κ1) is 22.1. The number of amides is 1. The summed E-state index contributed by atoms with van der Waals surface area (Å²) < 4.78 is 26.2. The van der Waals surface area contributed by atoms with E-state index in [1.54, 1.807) is 0 Å². The molecule has 0 aliphatic carbocycles. The number of sulfonamides is 1. The molecule has 1 atom stereocenters. The SMILES string of the molecule is CNS(=O)(=O)c1ccc(Cl)c(C(=O)NCC(C(C)C)N2CCC(C)CC2)c1. The number of benzene rings is 1. The molecule has 1 aromatic rings. The Balaban J connectivity index is 2.10. The highest BCUT2D eigenvalue weighted by molar-refractivity contribution is 7.89. The second kappa shape index (κ2) is 9.37. The average molecular weight is 416 g/mol. The minimum absolute atomic E-state index is 0.0185. The summed E-state index contributed by atoms with van der Waals surface area (Å²) in [5.74, 6) is 0.786. The summed E-state index contributed by atoms with van der Waals surface area (Å²) in [4.78, 5) is 15.1. The highest BCUT2D eigenvalue weighted by Gasteiger charge is 2.26. The molecule has 1 unspecified atom stereocenters. The van der Waals surface area contributed by atoms with E-state index >= 15 is 0 Å². The number of halogens is 1. The Kier molecular flexibility index (Phi) is 7.68. The van der Waals surface area contributed by atoms with Crippen LogP contribution in [-0.4, -0.2) is 51.9 Å². The molecule has 2 N–H and O–H groups in total. The zero-order valence-electron chi connectivity index (χ0n) is 16.5. The van der Waals surface area contributed by atoms with Crippen molar-refractivity contribution in [2.45, 2.75) is 44.6 Å². The Labute approximate surface area is 167 Å². The number of hydrogen-bond acceptors (Lipinski definition) is 4. The number of piperidine rings is 1. The van der Waals surface area contributed by atoms with E-state index in [0.717, 1.165) is 19.0 Å². The summed E-state index contributed by atoms with van der Waals surface area (Å²) >= 11 is 6.14. The Hall–Kier alpha value is -1.15. The first-order valence-corrected chi connectivity index (χ1v) is 11.3. The van der Waals surface area contributed by atoms with E-state index < -0.39 is 10.0 Å². The van der Waals surface area contributed by atoms with Crippen molar-refractivity contribution in [1.29, 1.82) is 0 Å². The van der Waals surface area contributed by atoms with Crippen molar-refractivity contribution in [1.82, 2.24) is 14.9 Å². The second-order valence-electron chi connectivity index (χ2n) is 7.59. The van der Waals surface area contributed by atoms with Gasteiger partial charge in [0.2, 0.25) is 10.0 Å². The van der Waals surface area contributed by atoms with Crippen LogP contribution >= 0.6 is 11.6 Å². The van der Waals surface area contributed by atoms with Gasteiger partial charge in [-0.05, 0) is 63.0 Å². The van der Waals surface area contributed by atoms with Crippen molar-refractivity contribution in [2.75, 3.05) is 26.7 Å². The predicted molar refractivity (Wildman–Crippen MR) is 109 cm³/mol. The third kappa shape index (κ3) is 5.67. The van der Waals surface area contributed by atoms with Crippen molar-refractivity contribution < 1.29 is 13.2 Å². The van der Waals surface area contributed by atoms with Gasteiger partial charge in [-0.25, -0.2) is 13.1 Å². The van der Waals surface area contributed by atoms with Gasteiger partial charge in [0.25, 0.3) is 5.91 Å². The number of carbonyl (C=O) groups is 1. The Morgan fingerprint density at radius 1 is 1.30 bits per heavy atom. The molecule has 27 heavy (non-hydrogen) atoms. The number of carbonyl (C=O) groups excluding carboxylic acids is 1. The third-order valence-electron chi connectivity index (χ3n) is 5.29. The van der Waals surface area contributed by atoms with Crippen LogP contribution in [0.2, 0.25) is 5.02 Å². The van der Waals surface area contributed by atoms with Crippen LogP contribution in [-0.2, 0) is 10.0 Å². The van der Waals surface area contributed by atoms with E-state index in [4.69, 9.17) is 11.6 Å². The maximum absolute atomic E-state index is 12.7. The molecule has 0 aromatic heterocycles. The van der Waals surface area contributed by atoms with E-state index in [1.165, 1.54) is 38.1 Å². The maximum atomic E-state index is 12.7. The molecular weight excluding hydrogens is 386 g/mol. The molecule has 0 radical (unpaired) electrons. The Morgan fingerprint density at radius 3 is 2.48 bits per heavy atom. The number of hydrogen-bond donors (Lipinski definition) is 2. The minimum atomic E-state index is -3.63. The van der Waals surface area contributed by atoms with Gasteiger partial charge in [-0.15, -0.1) is 0 Å². The lowest BCUT2D eigenvalue weighted by molar-refractivity contribution is 0.0863. The lowest BCUT2D eigenvalue weighted by Gasteiger charge is -2.38. The average Bonchev–Trinajstić information content (AvgIpc) is 2.63.